The summed E-state index contributed by atoms with van der Waals surface area (Å²) in [5.74, 6) is -0.0175. The lowest BCUT2D eigenvalue weighted by atomic mass is 9.91. The topological polar surface area (TPSA) is 68.0 Å². The molecule has 4 heteroatoms. The van der Waals surface area contributed by atoms with E-state index in [1.807, 2.05) is 13.0 Å². The molecule has 1 fully saturated rings. The molecule has 1 aromatic rings. The molecule has 0 atom stereocenters. The number of nitrogens with two attached hydrogens (primary N) is 1. The molecular formula is C13H19N3O. The van der Waals surface area contributed by atoms with E-state index in [1.54, 1.807) is 12.4 Å². The molecule has 3 N–H and O–H groups in total. The first-order chi connectivity index (χ1) is 8.16. The Kier molecular flexibility index (Phi) is 3.74. The Morgan fingerprint density at radius 3 is 2.76 bits per heavy atom. The molecule has 1 aromatic heterocycles. The smallest absolute Gasteiger partial charge is 0.253 e. The van der Waals surface area contributed by atoms with Crippen LogP contribution in [-0.4, -0.2) is 23.0 Å². The summed E-state index contributed by atoms with van der Waals surface area (Å²) in [5.41, 5.74) is 7.47. The van der Waals surface area contributed by atoms with Gasteiger partial charge >= 0.3 is 0 Å². The Balaban J connectivity index is 1.96. The van der Waals surface area contributed by atoms with Gasteiger partial charge in [-0.3, -0.25) is 9.78 Å². The Hall–Kier alpha value is -1.42. The van der Waals surface area contributed by atoms with Gasteiger partial charge in [-0.1, -0.05) is 0 Å². The summed E-state index contributed by atoms with van der Waals surface area (Å²) < 4.78 is 0. The molecule has 1 aliphatic rings. The van der Waals surface area contributed by atoms with Gasteiger partial charge in [-0.2, -0.15) is 0 Å². The minimum Gasteiger partial charge on any atom is -0.349 e. The number of carbonyl (C=O) groups excluding carboxylic acids is 1. The van der Waals surface area contributed by atoms with Crippen LogP contribution in [0.5, 0.6) is 0 Å². The second-order valence-electron chi connectivity index (χ2n) is 4.78. The fourth-order valence-corrected chi connectivity index (χ4v) is 2.23. The SMILES string of the molecule is Cc1ccncc1C(=O)N[C@H]1CC[C@H](N)CC1. The third-order valence-electron chi connectivity index (χ3n) is 3.39. The van der Waals surface area contributed by atoms with Gasteiger partial charge in [0, 0.05) is 24.5 Å². The number of aromatic nitrogens is 1. The molecule has 92 valence electrons. The van der Waals surface area contributed by atoms with Gasteiger partial charge in [0.1, 0.15) is 0 Å². The van der Waals surface area contributed by atoms with Crippen LogP contribution in [0.15, 0.2) is 18.5 Å². The monoisotopic (exact) mass is 233 g/mol. The van der Waals surface area contributed by atoms with E-state index in [2.05, 4.69) is 10.3 Å². The molecule has 0 unspecified atom stereocenters. The first-order valence-corrected chi connectivity index (χ1v) is 6.14. The number of nitrogens with one attached hydrogen (secondary N) is 1. The van der Waals surface area contributed by atoms with Crippen molar-refractivity contribution in [2.75, 3.05) is 0 Å². The summed E-state index contributed by atoms with van der Waals surface area (Å²) in [4.78, 5) is 16.0. The van der Waals surface area contributed by atoms with E-state index >= 15 is 0 Å². The molecule has 0 bridgehead atoms. The number of pyridine rings is 1. The summed E-state index contributed by atoms with van der Waals surface area (Å²) in [5, 5.41) is 3.06. The molecule has 1 amide bonds. The van der Waals surface area contributed by atoms with Gasteiger partial charge in [-0.15, -0.1) is 0 Å². The van der Waals surface area contributed by atoms with Crippen LogP contribution in [0, 0.1) is 6.92 Å². The zero-order valence-corrected chi connectivity index (χ0v) is 10.1. The minimum absolute atomic E-state index is 0.0175. The highest BCUT2D eigenvalue weighted by molar-refractivity contribution is 5.95. The van der Waals surface area contributed by atoms with Gasteiger partial charge in [-0.25, -0.2) is 0 Å². The Morgan fingerprint density at radius 1 is 1.41 bits per heavy atom. The lowest BCUT2D eigenvalue weighted by Gasteiger charge is -2.26. The third kappa shape index (κ3) is 3.03. The van der Waals surface area contributed by atoms with Crippen molar-refractivity contribution in [1.82, 2.24) is 10.3 Å². The van der Waals surface area contributed by atoms with Crippen LogP contribution in [-0.2, 0) is 0 Å². The molecule has 0 spiro atoms. The molecule has 0 aliphatic heterocycles. The van der Waals surface area contributed by atoms with E-state index in [1.165, 1.54) is 0 Å². The van der Waals surface area contributed by atoms with Crippen LogP contribution >= 0.6 is 0 Å². The van der Waals surface area contributed by atoms with E-state index < -0.39 is 0 Å². The van der Waals surface area contributed by atoms with E-state index in [9.17, 15) is 4.79 Å². The highest BCUT2D eigenvalue weighted by Gasteiger charge is 2.21. The Labute approximate surface area is 102 Å². The average Bonchev–Trinajstić information content (AvgIpc) is 2.32. The molecule has 0 aromatic carbocycles. The maximum absolute atomic E-state index is 12.0. The average molecular weight is 233 g/mol. The number of nitrogens with zero attached hydrogens (tertiary/aromatic N) is 1. The largest absolute Gasteiger partial charge is 0.349 e. The lowest BCUT2D eigenvalue weighted by Crippen LogP contribution is -2.40. The van der Waals surface area contributed by atoms with Crippen LogP contribution in [0.25, 0.3) is 0 Å². The Morgan fingerprint density at radius 2 is 2.12 bits per heavy atom. The summed E-state index contributed by atoms with van der Waals surface area (Å²) in [6.07, 6.45) is 7.28. The second kappa shape index (κ2) is 5.27. The van der Waals surface area contributed by atoms with Crippen molar-refractivity contribution in [2.45, 2.75) is 44.7 Å². The fraction of sp³-hybridized carbons (Fsp3) is 0.538. The molecule has 0 radical (unpaired) electrons. The van der Waals surface area contributed by atoms with Gasteiger partial charge in [0.25, 0.3) is 5.91 Å². The molecule has 1 heterocycles. The normalized spacial score (nSPS) is 24.4. The van der Waals surface area contributed by atoms with Gasteiger partial charge in [0.2, 0.25) is 0 Å². The van der Waals surface area contributed by atoms with Gasteiger partial charge in [0.05, 0.1) is 5.56 Å². The van der Waals surface area contributed by atoms with Gasteiger partial charge < -0.3 is 11.1 Å². The highest BCUT2D eigenvalue weighted by atomic mass is 16.1. The summed E-state index contributed by atoms with van der Waals surface area (Å²) in [6, 6.07) is 2.43. The fourth-order valence-electron chi connectivity index (χ4n) is 2.23. The molecule has 1 aliphatic carbocycles. The van der Waals surface area contributed by atoms with E-state index in [4.69, 9.17) is 5.73 Å². The number of carbonyl (C=O) groups is 1. The molecule has 1 saturated carbocycles. The first-order valence-electron chi connectivity index (χ1n) is 6.14. The van der Waals surface area contributed by atoms with Crippen molar-refractivity contribution < 1.29 is 4.79 Å². The molecule has 2 rings (SSSR count). The van der Waals surface area contributed by atoms with Crippen molar-refractivity contribution in [1.29, 1.82) is 0 Å². The zero-order valence-electron chi connectivity index (χ0n) is 10.1. The van der Waals surface area contributed by atoms with Crippen LogP contribution in [0.3, 0.4) is 0 Å². The van der Waals surface area contributed by atoms with Crippen molar-refractivity contribution in [3.8, 4) is 0 Å². The lowest BCUT2D eigenvalue weighted by molar-refractivity contribution is 0.0925. The Bertz CT molecular complexity index is 397. The summed E-state index contributed by atoms with van der Waals surface area (Å²) >= 11 is 0. The number of amides is 1. The van der Waals surface area contributed by atoms with Gasteiger partial charge in [-0.05, 0) is 44.2 Å². The van der Waals surface area contributed by atoms with E-state index in [0.717, 1.165) is 31.2 Å². The minimum atomic E-state index is -0.0175. The molecule has 17 heavy (non-hydrogen) atoms. The van der Waals surface area contributed by atoms with Crippen LogP contribution in [0.4, 0.5) is 0 Å². The summed E-state index contributed by atoms with van der Waals surface area (Å²) in [6.45, 7) is 1.92. The van der Waals surface area contributed by atoms with E-state index in [0.29, 0.717) is 11.6 Å². The predicted octanol–water partition coefficient (Wildman–Crippen LogP) is 1.39. The van der Waals surface area contributed by atoms with Crippen LogP contribution < -0.4 is 11.1 Å². The van der Waals surface area contributed by atoms with Gasteiger partial charge in [0.15, 0.2) is 0 Å². The number of hydrogen-bond acceptors (Lipinski definition) is 3. The van der Waals surface area contributed by atoms with E-state index in [-0.39, 0.29) is 11.9 Å². The molecular weight excluding hydrogens is 214 g/mol. The van der Waals surface area contributed by atoms with Crippen molar-refractivity contribution >= 4 is 5.91 Å². The van der Waals surface area contributed by atoms with Crippen molar-refractivity contribution in [3.05, 3.63) is 29.6 Å². The van der Waals surface area contributed by atoms with Crippen molar-refractivity contribution in [2.24, 2.45) is 5.73 Å². The van der Waals surface area contributed by atoms with Crippen LogP contribution in [0.1, 0.15) is 41.6 Å². The molecule has 4 nitrogen and oxygen atoms in total. The number of hydrogen-bond donors (Lipinski definition) is 2. The molecule has 0 saturated heterocycles. The highest BCUT2D eigenvalue weighted by Crippen LogP contribution is 2.17. The maximum atomic E-state index is 12.0. The van der Waals surface area contributed by atoms with Crippen LogP contribution in [0.2, 0.25) is 0 Å². The summed E-state index contributed by atoms with van der Waals surface area (Å²) in [7, 11) is 0. The van der Waals surface area contributed by atoms with Crippen molar-refractivity contribution in [3.63, 3.8) is 0 Å². The third-order valence-corrected chi connectivity index (χ3v) is 3.39. The maximum Gasteiger partial charge on any atom is 0.253 e. The zero-order chi connectivity index (χ0) is 12.3. The predicted molar refractivity (Wildman–Crippen MR) is 66.7 cm³/mol. The first kappa shape index (κ1) is 12.0. The second-order valence-corrected chi connectivity index (χ2v) is 4.78. The number of rotatable bonds is 2. The quantitative estimate of drug-likeness (QED) is 0.811. The number of aryl methyl sites for hydroxylation is 1. The standard InChI is InChI=1S/C13H19N3O/c1-9-6-7-15-8-12(9)13(17)16-11-4-2-10(14)3-5-11/h6-8,10-11H,2-5,14H2,1H3,(H,16,17)/t10-,11-.